The first kappa shape index (κ1) is 22.4. The molecule has 1 amide bonds. The first-order chi connectivity index (χ1) is 13.7. The van der Waals surface area contributed by atoms with Gasteiger partial charge in [-0.1, -0.05) is 12.1 Å². The lowest BCUT2D eigenvalue weighted by Gasteiger charge is -2.14. The summed E-state index contributed by atoms with van der Waals surface area (Å²) in [4.78, 5) is 11.7. The lowest BCUT2D eigenvalue weighted by atomic mass is 10.1. The molecule has 0 saturated carbocycles. The van der Waals surface area contributed by atoms with E-state index in [0.29, 0.717) is 22.8 Å². The summed E-state index contributed by atoms with van der Waals surface area (Å²) < 4.78 is 65.0. The smallest absolute Gasteiger partial charge is 0.341 e. The van der Waals surface area contributed by atoms with Crippen molar-refractivity contribution in [1.29, 1.82) is 0 Å². The molecule has 2 aromatic carbocycles. The van der Waals surface area contributed by atoms with Gasteiger partial charge in [0.15, 0.2) is 11.5 Å². The summed E-state index contributed by atoms with van der Waals surface area (Å²) in [5, 5.41) is 2.38. The van der Waals surface area contributed by atoms with Gasteiger partial charge in [-0.3, -0.25) is 4.79 Å². The van der Waals surface area contributed by atoms with Gasteiger partial charge in [0.1, 0.15) is 0 Å². The van der Waals surface area contributed by atoms with Crippen LogP contribution in [0.2, 0.25) is 0 Å². The van der Waals surface area contributed by atoms with E-state index in [-0.39, 0.29) is 18.5 Å². The monoisotopic (exact) mass is 429 g/mol. The molecule has 0 fully saturated rings. The third-order valence-corrected chi connectivity index (χ3v) is 5.51. The van der Waals surface area contributed by atoms with Crippen molar-refractivity contribution < 1.29 is 36.2 Å². The van der Waals surface area contributed by atoms with Crippen LogP contribution in [-0.2, 0) is 21.1 Å². The summed E-state index contributed by atoms with van der Waals surface area (Å²) >= 11 is 0. The highest BCUT2D eigenvalue weighted by molar-refractivity contribution is 7.91. The van der Waals surface area contributed by atoms with E-state index in [0.717, 1.165) is 6.07 Å². The number of methoxy groups -OCH3 is 3. The van der Waals surface area contributed by atoms with Crippen molar-refractivity contribution in [3.63, 3.8) is 0 Å². The molecule has 0 aliphatic rings. The number of amides is 1. The molecule has 0 bridgehead atoms. The molecule has 0 unspecified atom stereocenters. The standard InChI is InChI=1S/C19H21F2NO6S/c1-26-14-10-12(11-15(27-2)18(14)28-3)8-9-17(23)22-13-6-4-5-7-16(13)29(24,25)19(20)21/h4-7,10-11,19H,8-9H2,1-3H3,(H,22,23). The summed E-state index contributed by atoms with van der Waals surface area (Å²) in [5.74, 6) is -2.85. The number of aryl methyl sites for hydroxylation is 1. The van der Waals surface area contributed by atoms with Crippen molar-refractivity contribution in [1.82, 2.24) is 0 Å². The first-order valence-corrected chi connectivity index (χ1v) is 9.99. The van der Waals surface area contributed by atoms with Crippen molar-refractivity contribution >= 4 is 21.4 Å². The zero-order valence-corrected chi connectivity index (χ0v) is 16.9. The van der Waals surface area contributed by atoms with E-state index in [2.05, 4.69) is 5.32 Å². The van der Waals surface area contributed by atoms with Crippen molar-refractivity contribution in [3.8, 4) is 17.2 Å². The average molecular weight is 429 g/mol. The Balaban J connectivity index is 2.16. The van der Waals surface area contributed by atoms with Crippen molar-refractivity contribution in [2.24, 2.45) is 0 Å². The fraction of sp³-hybridized carbons (Fsp3) is 0.316. The molecule has 0 spiro atoms. The van der Waals surface area contributed by atoms with Gasteiger partial charge in [0.25, 0.3) is 0 Å². The number of hydrogen-bond acceptors (Lipinski definition) is 6. The molecule has 0 radical (unpaired) electrons. The molecule has 0 aliphatic heterocycles. The first-order valence-electron chi connectivity index (χ1n) is 8.44. The number of hydrogen-bond donors (Lipinski definition) is 1. The Morgan fingerprint density at radius 2 is 1.62 bits per heavy atom. The predicted octanol–water partition coefficient (Wildman–Crippen LogP) is 3.28. The van der Waals surface area contributed by atoms with Crippen LogP contribution < -0.4 is 19.5 Å². The van der Waals surface area contributed by atoms with Crippen LogP contribution in [0.4, 0.5) is 14.5 Å². The third-order valence-electron chi connectivity index (χ3n) is 4.07. The fourth-order valence-corrected chi connectivity index (χ4v) is 3.55. The second kappa shape index (κ2) is 9.55. The zero-order chi connectivity index (χ0) is 21.6. The minimum Gasteiger partial charge on any atom is -0.493 e. The van der Waals surface area contributed by atoms with Gasteiger partial charge < -0.3 is 19.5 Å². The van der Waals surface area contributed by atoms with E-state index < -0.39 is 26.4 Å². The van der Waals surface area contributed by atoms with Gasteiger partial charge in [0.05, 0.1) is 31.9 Å². The number of halogens is 2. The van der Waals surface area contributed by atoms with Crippen LogP contribution in [0.1, 0.15) is 12.0 Å². The number of para-hydroxylation sites is 1. The summed E-state index contributed by atoms with van der Waals surface area (Å²) in [5.41, 5.74) is 0.519. The molecule has 0 heterocycles. The Kier molecular flexibility index (Phi) is 7.38. The molecule has 2 aromatic rings. The lowest BCUT2D eigenvalue weighted by molar-refractivity contribution is -0.116. The van der Waals surface area contributed by atoms with Gasteiger partial charge in [-0.2, -0.15) is 8.78 Å². The number of benzene rings is 2. The third kappa shape index (κ3) is 5.14. The largest absolute Gasteiger partial charge is 0.493 e. The van der Waals surface area contributed by atoms with Gasteiger partial charge in [0, 0.05) is 6.42 Å². The minimum atomic E-state index is -4.84. The molecule has 29 heavy (non-hydrogen) atoms. The van der Waals surface area contributed by atoms with Crippen LogP contribution in [0, 0.1) is 0 Å². The quantitative estimate of drug-likeness (QED) is 0.658. The van der Waals surface area contributed by atoms with Crippen molar-refractivity contribution in [3.05, 3.63) is 42.0 Å². The number of anilines is 1. The maximum absolute atomic E-state index is 12.9. The van der Waals surface area contributed by atoms with E-state index in [1.54, 1.807) is 12.1 Å². The van der Waals surface area contributed by atoms with E-state index in [1.807, 2.05) is 0 Å². The van der Waals surface area contributed by atoms with Crippen LogP contribution in [0.5, 0.6) is 17.2 Å². The maximum Gasteiger partial charge on any atom is 0.341 e. The minimum absolute atomic E-state index is 0.0261. The topological polar surface area (TPSA) is 90.9 Å². The summed E-state index contributed by atoms with van der Waals surface area (Å²) in [6.07, 6.45) is 0.244. The SMILES string of the molecule is COc1cc(CCC(=O)Nc2ccccc2S(=O)(=O)C(F)F)cc(OC)c1OC. The molecular weight excluding hydrogens is 408 g/mol. The van der Waals surface area contributed by atoms with Gasteiger partial charge in [0.2, 0.25) is 21.5 Å². The van der Waals surface area contributed by atoms with E-state index in [4.69, 9.17) is 14.2 Å². The summed E-state index contributed by atoms with van der Waals surface area (Å²) in [6.45, 7) is 0. The van der Waals surface area contributed by atoms with Crippen molar-refractivity contribution in [2.45, 2.75) is 23.5 Å². The van der Waals surface area contributed by atoms with Crippen LogP contribution in [0.25, 0.3) is 0 Å². The number of sulfone groups is 1. The second-order valence-electron chi connectivity index (χ2n) is 5.88. The summed E-state index contributed by atoms with van der Waals surface area (Å²) in [6, 6.07) is 8.40. The van der Waals surface area contributed by atoms with E-state index >= 15 is 0 Å². The maximum atomic E-state index is 12.9. The Hall–Kier alpha value is -2.88. The molecule has 0 saturated heterocycles. The van der Waals surface area contributed by atoms with Crippen LogP contribution in [0.15, 0.2) is 41.3 Å². The highest BCUT2D eigenvalue weighted by Crippen LogP contribution is 2.38. The number of carbonyl (C=O) groups is 1. The predicted molar refractivity (Wildman–Crippen MR) is 103 cm³/mol. The van der Waals surface area contributed by atoms with E-state index in [9.17, 15) is 22.0 Å². The normalized spacial score (nSPS) is 11.2. The Labute approximate surface area is 167 Å². The molecule has 1 N–H and O–H groups in total. The molecular formula is C19H21F2NO6S. The molecule has 0 atom stereocenters. The zero-order valence-electron chi connectivity index (χ0n) is 16.1. The molecule has 0 aromatic heterocycles. The van der Waals surface area contributed by atoms with Crippen LogP contribution >= 0.6 is 0 Å². The number of alkyl halides is 2. The number of nitrogens with one attached hydrogen (secondary N) is 1. The fourth-order valence-electron chi connectivity index (χ4n) is 2.66. The molecule has 158 valence electrons. The molecule has 7 nitrogen and oxygen atoms in total. The van der Waals surface area contributed by atoms with Crippen LogP contribution in [-0.4, -0.2) is 41.4 Å². The molecule has 2 rings (SSSR count). The Morgan fingerprint density at radius 3 is 2.14 bits per heavy atom. The molecule has 0 aliphatic carbocycles. The Morgan fingerprint density at radius 1 is 1.03 bits per heavy atom. The average Bonchev–Trinajstić information content (AvgIpc) is 2.71. The van der Waals surface area contributed by atoms with Gasteiger partial charge in [-0.15, -0.1) is 0 Å². The van der Waals surface area contributed by atoms with E-state index in [1.165, 1.54) is 39.5 Å². The number of ether oxygens (including phenoxy) is 3. The van der Waals surface area contributed by atoms with Gasteiger partial charge in [-0.05, 0) is 36.2 Å². The highest BCUT2D eigenvalue weighted by Gasteiger charge is 2.29. The Bertz CT molecular complexity index is 953. The van der Waals surface area contributed by atoms with Crippen LogP contribution in [0.3, 0.4) is 0 Å². The summed E-state index contributed by atoms with van der Waals surface area (Å²) in [7, 11) is -0.438. The number of carbonyl (C=O) groups excluding carboxylic acids is 1. The van der Waals surface area contributed by atoms with Crippen molar-refractivity contribution in [2.75, 3.05) is 26.6 Å². The van der Waals surface area contributed by atoms with Gasteiger partial charge >= 0.3 is 5.76 Å². The number of rotatable bonds is 9. The molecule has 10 heteroatoms. The lowest BCUT2D eigenvalue weighted by Crippen LogP contribution is -2.18. The highest BCUT2D eigenvalue weighted by atomic mass is 32.2. The van der Waals surface area contributed by atoms with Gasteiger partial charge in [-0.25, -0.2) is 8.42 Å². The second-order valence-corrected chi connectivity index (χ2v) is 7.77.